The van der Waals surface area contributed by atoms with Crippen LogP contribution in [0.15, 0.2) is 54.6 Å². The highest BCUT2D eigenvalue weighted by molar-refractivity contribution is 6.30. The molecule has 2 N–H and O–H groups in total. The van der Waals surface area contributed by atoms with Crippen molar-refractivity contribution in [2.45, 2.75) is 25.0 Å². The first-order valence-electron chi connectivity index (χ1n) is 7.18. The molecule has 0 fully saturated rings. The number of carboxylic acids is 2. The van der Waals surface area contributed by atoms with Gasteiger partial charge < -0.3 is 14.9 Å². The van der Waals surface area contributed by atoms with E-state index >= 15 is 0 Å². The molecule has 1 atom stereocenters. The second kappa shape index (κ2) is 6.63. The van der Waals surface area contributed by atoms with Crippen LogP contribution in [0.3, 0.4) is 0 Å². The average molecular weight is 349 g/mol. The van der Waals surface area contributed by atoms with E-state index in [0.29, 0.717) is 10.6 Å². The monoisotopic (exact) mass is 348 g/mol. The summed E-state index contributed by atoms with van der Waals surface area (Å²) in [5.74, 6) is -2.58. The van der Waals surface area contributed by atoms with Crippen molar-refractivity contribution in [2.24, 2.45) is 0 Å². The van der Waals surface area contributed by atoms with Gasteiger partial charge >= 0.3 is 11.9 Å². The van der Waals surface area contributed by atoms with Crippen molar-refractivity contribution in [1.82, 2.24) is 0 Å². The molecule has 2 rings (SSSR count). The van der Waals surface area contributed by atoms with Crippen LogP contribution >= 0.6 is 11.6 Å². The van der Waals surface area contributed by atoms with Gasteiger partial charge in [0.1, 0.15) is 0 Å². The summed E-state index contributed by atoms with van der Waals surface area (Å²) in [4.78, 5) is 23.8. The van der Waals surface area contributed by atoms with Crippen molar-refractivity contribution in [1.29, 1.82) is 0 Å². The maximum Gasteiger partial charge on any atom is 0.345 e. The van der Waals surface area contributed by atoms with Crippen LogP contribution in [0.1, 0.15) is 25.0 Å². The van der Waals surface area contributed by atoms with E-state index in [1.165, 1.54) is 38.1 Å². The highest BCUT2D eigenvalue weighted by Crippen LogP contribution is 2.38. The van der Waals surface area contributed by atoms with Crippen LogP contribution in [0, 0.1) is 0 Å². The van der Waals surface area contributed by atoms with E-state index in [1.807, 2.05) is 0 Å². The lowest BCUT2D eigenvalue weighted by Gasteiger charge is -2.36. The molecule has 2 aromatic carbocycles. The zero-order valence-electron chi connectivity index (χ0n) is 13.2. The molecule has 24 heavy (non-hydrogen) atoms. The number of carboxylic acid groups (broad SMARTS) is 2. The molecule has 126 valence electrons. The molecule has 0 bridgehead atoms. The average Bonchev–Trinajstić information content (AvgIpc) is 2.54. The Hall–Kier alpha value is -2.37. The molecular weight excluding hydrogens is 332 g/mol. The number of benzene rings is 2. The SMILES string of the molecule is CC(C)(O[C@@](C(=O)O)(c1ccccc1)c1ccc(Cl)cc1)C(=O)O. The van der Waals surface area contributed by atoms with Gasteiger partial charge in [0, 0.05) is 5.02 Å². The maximum absolute atomic E-state index is 12.3. The van der Waals surface area contributed by atoms with Gasteiger partial charge in [0.15, 0.2) is 5.60 Å². The number of ether oxygens (including phenoxy) is 1. The number of hydrogen-bond acceptors (Lipinski definition) is 3. The fourth-order valence-corrected chi connectivity index (χ4v) is 2.48. The smallest absolute Gasteiger partial charge is 0.345 e. The molecule has 6 heteroatoms. The molecule has 0 aliphatic heterocycles. The Kier molecular flexibility index (Phi) is 4.96. The third-order valence-corrected chi connectivity index (χ3v) is 3.91. The molecule has 0 unspecified atom stereocenters. The number of hydrogen-bond donors (Lipinski definition) is 2. The third kappa shape index (κ3) is 3.27. The van der Waals surface area contributed by atoms with Crippen LogP contribution in [0.25, 0.3) is 0 Å². The summed E-state index contributed by atoms with van der Waals surface area (Å²) in [5.41, 5.74) is -3.12. The van der Waals surface area contributed by atoms with Gasteiger partial charge in [-0.05, 0) is 37.1 Å². The predicted octanol–water partition coefficient (Wildman–Crippen LogP) is 3.55. The summed E-state index contributed by atoms with van der Waals surface area (Å²) >= 11 is 5.89. The standard InChI is InChI=1S/C18H17ClO5/c1-17(2,15(20)21)24-18(16(22)23,12-6-4-3-5-7-12)13-8-10-14(19)11-9-13/h3-11H,1-2H3,(H,20,21)(H,22,23)/t18-/m0/s1. The van der Waals surface area contributed by atoms with Crippen LogP contribution in [0.5, 0.6) is 0 Å². The van der Waals surface area contributed by atoms with Gasteiger partial charge in [-0.1, -0.05) is 54.1 Å². The first-order valence-corrected chi connectivity index (χ1v) is 7.56. The summed E-state index contributed by atoms with van der Waals surface area (Å²) in [5, 5.41) is 19.8. The largest absolute Gasteiger partial charge is 0.479 e. The van der Waals surface area contributed by atoms with E-state index in [2.05, 4.69) is 0 Å². The fourth-order valence-electron chi connectivity index (χ4n) is 2.36. The highest BCUT2D eigenvalue weighted by atomic mass is 35.5. The van der Waals surface area contributed by atoms with Crippen molar-refractivity contribution in [3.8, 4) is 0 Å². The quantitative estimate of drug-likeness (QED) is 0.834. The number of rotatable bonds is 6. The molecule has 0 aliphatic carbocycles. The Balaban J connectivity index is 2.73. The highest BCUT2D eigenvalue weighted by Gasteiger charge is 2.49. The molecule has 5 nitrogen and oxygen atoms in total. The van der Waals surface area contributed by atoms with E-state index in [9.17, 15) is 19.8 Å². The molecule has 0 heterocycles. The Morgan fingerprint density at radius 1 is 0.875 bits per heavy atom. The lowest BCUT2D eigenvalue weighted by Crippen LogP contribution is -2.49. The minimum absolute atomic E-state index is 0.278. The van der Waals surface area contributed by atoms with E-state index in [0.717, 1.165) is 0 Å². The maximum atomic E-state index is 12.3. The fraction of sp³-hybridized carbons (Fsp3) is 0.222. The van der Waals surface area contributed by atoms with Crippen molar-refractivity contribution >= 4 is 23.5 Å². The second-order valence-electron chi connectivity index (χ2n) is 5.78. The van der Waals surface area contributed by atoms with Crippen LogP contribution in [0.2, 0.25) is 5.02 Å². The molecular formula is C18H17ClO5. The molecule has 0 saturated carbocycles. The Labute approximate surface area is 144 Å². The van der Waals surface area contributed by atoms with Crippen LogP contribution in [-0.4, -0.2) is 27.8 Å². The van der Waals surface area contributed by atoms with Crippen molar-refractivity contribution in [3.05, 3.63) is 70.7 Å². The predicted molar refractivity (Wildman–Crippen MR) is 89.1 cm³/mol. The van der Waals surface area contributed by atoms with E-state index < -0.39 is 23.1 Å². The third-order valence-electron chi connectivity index (χ3n) is 3.66. The van der Waals surface area contributed by atoms with Gasteiger partial charge in [-0.25, -0.2) is 9.59 Å². The molecule has 0 amide bonds. The van der Waals surface area contributed by atoms with Crippen LogP contribution in [0.4, 0.5) is 0 Å². The van der Waals surface area contributed by atoms with Crippen LogP contribution in [-0.2, 0) is 19.9 Å². The van der Waals surface area contributed by atoms with Gasteiger partial charge in [-0.15, -0.1) is 0 Å². The second-order valence-corrected chi connectivity index (χ2v) is 6.21. The number of halogens is 1. The molecule has 0 spiro atoms. The molecule has 0 saturated heterocycles. The topological polar surface area (TPSA) is 83.8 Å². The first-order chi connectivity index (χ1) is 11.2. The van der Waals surface area contributed by atoms with Crippen molar-refractivity contribution in [2.75, 3.05) is 0 Å². The molecule has 2 aromatic rings. The summed E-state index contributed by atoms with van der Waals surface area (Å²) in [6.07, 6.45) is 0. The van der Waals surface area contributed by atoms with Crippen molar-refractivity contribution < 1.29 is 24.5 Å². The van der Waals surface area contributed by atoms with E-state index in [-0.39, 0.29) is 5.56 Å². The van der Waals surface area contributed by atoms with E-state index in [1.54, 1.807) is 30.3 Å². The summed E-state index contributed by atoms with van der Waals surface area (Å²) in [6.45, 7) is 2.62. The Bertz CT molecular complexity index is 740. The van der Waals surface area contributed by atoms with Gasteiger partial charge in [-0.2, -0.15) is 0 Å². The minimum Gasteiger partial charge on any atom is -0.479 e. The summed E-state index contributed by atoms with van der Waals surface area (Å²) in [7, 11) is 0. The van der Waals surface area contributed by atoms with Gasteiger partial charge in [0.05, 0.1) is 0 Å². The number of carbonyl (C=O) groups is 2. The molecule has 0 radical (unpaired) electrons. The van der Waals surface area contributed by atoms with Gasteiger partial charge in [0.2, 0.25) is 5.60 Å². The summed E-state index contributed by atoms with van der Waals surface area (Å²) < 4.78 is 5.72. The lowest BCUT2D eigenvalue weighted by molar-refractivity contribution is -0.193. The number of aliphatic carboxylic acids is 2. The molecule has 0 aliphatic rings. The Morgan fingerprint density at radius 2 is 1.38 bits per heavy atom. The minimum atomic E-state index is -1.98. The lowest BCUT2D eigenvalue weighted by atomic mass is 9.85. The molecule has 0 aromatic heterocycles. The zero-order chi connectivity index (χ0) is 18.0. The Morgan fingerprint density at radius 3 is 1.83 bits per heavy atom. The normalized spacial score (nSPS) is 14.0. The van der Waals surface area contributed by atoms with Crippen LogP contribution < -0.4 is 0 Å². The van der Waals surface area contributed by atoms with Gasteiger partial charge in [-0.3, -0.25) is 0 Å². The van der Waals surface area contributed by atoms with Crippen molar-refractivity contribution in [3.63, 3.8) is 0 Å². The summed E-state index contributed by atoms with van der Waals surface area (Å²) in [6, 6.07) is 14.3. The van der Waals surface area contributed by atoms with E-state index in [4.69, 9.17) is 16.3 Å². The first kappa shape index (κ1) is 18.0. The zero-order valence-corrected chi connectivity index (χ0v) is 13.9. The van der Waals surface area contributed by atoms with Gasteiger partial charge in [0.25, 0.3) is 0 Å².